The van der Waals surface area contributed by atoms with E-state index in [1.165, 1.54) is 6.21 Å². The van der Waals surface area contributed by atoms with Crippen LogP contribution in [0.3, 0.4) is 0 Å². The van der Waals surface area contributed by atoms with Crippen LogP contribution in [0.5, 0.6) is 5.75 Å². The fourth-order valence-electron chi connectivity index (χ4n) is 3.53. The molecule has 3 aromatic carbocycles. The summed E-state index contributed by atoms with van der Waals surface area (Å²) in [6.07, 6.45) is 1.67. The number of amides is 2. The fourth-order valence-corrected chi connectivity index (χ4v) is 4.30. The molecule has 0 radical (unpaired) electrons. The molecule has 1 atom stereocenters. The third kappa shape index (κ3) is 5.97. The second-order valence-electron chi connectivity index (χ2n) is 7.68. The molecule has 34 heavy (non-hydrogen) atoms. The maximum absolute atomic E-state index is 12.5. The van der Waals surface area contributed by atoms with Gasteiger partial charge in [-0.25, -0.2) is 5.43 Å². The highest BCUT2D eigenvalue weighted by molar-refractivity contribution is 9.10. The summed E-state index contributed by atoms with van der Waals surface area (Å²) >= 11 is 15.8. The Balaban J connectivity index is 1.32. The highest BCUT2D eigenvalue weighted by Crippen LogP contribution is 2.27. The molecule has 9 heteroatoms. The minimum atomic E-state index is -0.469. The maximum Gasteiger partial charge on any atom is 0.245 e. The van der Waals surface area contributed by atoms with Gasteiger partial charge in [0, 0.05) is 38.7 Å². The molecule has 0 saturated carbocycles. The molecule has 4 rings (SSSR count). The van der Waals surface area contributed by atoms with Gasteiger partial charge in [0.25, 0.3) is 0 Å². The molecule has 2 amide bonds. The number of rotatable bonds is 7. The van der Waals surface area contributed by atoms with E-state index in [2.05, 4.69) is 26.5 Å². The van der Waals surface area contributed by atoms with Gasteiger partial charge in [-0.3, -0.25) is 9.59 Å². The predicted octanol–water partition coefficient (Wildman–Crippen LogP) is 5.84. The Bertz CT molecular complexity index is 1210. The van der Waals surface area contributed by atoms with Crippen LogP contribution in [0.2, 0.25) is 10.0 Å². The number of nitrogens with zero attached hydrogens (tertiary/aromatic N) is 2. The number of hydrogen-bond acceptors (Lipinski definition) is 4. The Hall–Kier alpha value is -2.87. The van der Waals surface area contributed by atoms with Crippen LogP contribution in [0.15, 0.2) is 76.3 Å². The van der Waals surface area contributed by atoms with Gasteiger partial charge in [-0.2, -0.15) is 5.10 Å². The molecule has 1 aliphatic heterocycles. The lowest BCUT2D eigenvalue weighted by Gasteiger charge is -2.16. The van der Waals surface area contributed by atoms with E-state index >= 15 is 0 Å². The fraction of sp³-hybridized carbons (Fsp3) is 0.160. The van der Waals surface area contributed by atoms with Crippen molar-refractivity contribution in [3.05, 3.63) is 92.4 Å². The second-order valence-corrected chi connectivity index (χ2v) is 9.41. The van der Waals surface area contributed by atoms with Gasteiger partial charge in [-0.15, -0.1) is 0 Å². The van der Waals surface area contributed by atoms with E-state index in [0.717, 1.165) is 15.7 Å². The molecule has 1 fully saturated rings. The van der Waals surface area contributed by atoms with Crippen LogP contribution in [0.1, 0.15) is 17.5 Å². The van der Waals surface area contributed by atoms with E-state index in [4.69, 9.17) is 27.9 Å². The zero-order valence-corrected chi connectivity index (χ0v) is 21.0. The molecule has 1 aliphatic rings. The van der Waals surface area contributed by atoms with Crippen LogP contribution in [0.4, 0.5) is 5.69 Å². The zero-order valence-electron chi connectivity index (χ0n) is 17.9. The van der Waals surface area contributed by atoms with E-state index in [9.17, 15) is 9.59 Å². The topological polar surface area (TPSA) is 71.0 Å². The summed E-state index contributed by atoms with van der Waals surface area (Å²) in [4.78, 5) is 26.5. The van der Waals surface area contributed by atoms with Gasteiger partial charge in [0.2, 0.25) is 11.8 Å². The Morgan fingerprint density at radius 1 is 1.12 bits per heavy atom. The third-order valence-electron chi connectivity index (χ3n) is 5.33. The molecule has 0 aliphatic carbocycles. The molecule has 1 N–H and O–H groups in total. The van der Waals surface area contributed by atoms with Crippen molar-refractivity contribution in [1.82, 2.24) is 5.43 Å². The van der Waals surface area contributed by atoms with Crippen molar-refractivity contribution in [1.29, 1.82) is 0 Å². The summed E-state index contributed by atoms with van der Waals surface area (Å²) < 4.78 is 6.74. The van der Waals surface area contributed by atoms with Gasteiger partial charge in [-0.1, -0.05) is 57.3 Å². The first-order chi connectivity index (χ1) is 16.4. The molecule has 6 nitrogen and oxygen atoms in total. The highest BCUT2D eigenvalue weighted by Gasteiger charge is 2.35. The van der Waals surface area contributed by atoms with Crippen LogP contribution < -0.4 is 15.1 Å². The average Bonchev–Trinajstić information content (AvgIpc) is 3.21. The lowest BCUT2D eigenvalue weighted by molar-refractivity contribution is -0.126. The smallest absolute Gasteiger partial charge is 0.245 e. The SMILES string of the molecule is O=C(N/N=C\c1cccc(OCc2c(Cl)cccc2Cl)c1)[C@@H]1CC(=O)N(c2ccc(Br)cc2)C1. The molecule has 0 unspecified atom stereocenters. The molecule has 0 bridgehead atoms. The molecular weight excluding hydrogens is 541 g/mol. The Labute approximate surface area is 215 Å². The van der Waals surface area contributed by atoms with Crippen molar-refractivity contribution in [2.75, 3.05) is 11.4 Å². The Kier molecular flexibility index (Phi) is 7.88. The Morgan fingerprint density at radius 2 is 1.82 bits per heavy atom. The lowest BCUT2D eigenvalue weighted by Crippen LogP contribution is -2.30. The van der Waals surface area contributed by atoms with E-state index in [0.29, 0.717) is 27.9 Å². The number of benzene rings is 3. The van der Waals surface area contributed by atoms with E-state index in [1.54, 1.807) is 29.2 Å². The first-order valence-corrected chi connectivity index (χ1v) is 12.0. The molecular formula is C25H20BrCl2N3O3. The lowest BCUT2D eigenvalue weighted by atomic mass is 10.1. The summed E-state index contributed by atoms with van der Waals surface area (Å²) in [5, 5.41) is 5.13. The van der Waals surface area contributed by atoms with Crippen LogP contribution in [-0.4, -0.2) is 24.6 Å². The second kappa shape index (κ2) is 11.0. The number of ether oxygens (including phenoxy) is 1. The molecule has 174 valence electrons. The van der Waals surface area contributed by atoms with Crippen molar-refractivity contribution in [3.8, 4) is 5.75 Å². The normalized spacial score (nSPS) is 15.7. The number of anilines is 1. The summed E-state index contributed by atoms with van der Waals surface area (Å²) in [6, 6.07) is 19.9. The first kappa shape index (κ1) is 24.3. The zero-order chi connectivity index (χ0) is 24.1. The standard InChI is InChI=1S/C25H20BrCl2N3O3/c26-18-7-9-19(10-8-18)31-14-17(12-24(31)32)25(33)30-29-13-16-3-1-4-20(11-16)34-15-21-22(27)5-2-6-23(21)28/h1-11,13,17H,12,14-15H2,(H,30,33)/b29-13-/t17-/m1/s1. The highest BCUT2D eigenvalue weighted by atomic mass is 79.9. The number of halogens is 3. The van der Waals surface area contributed by atoms with Crippen LogP contribution in [0.25, 0.3) is 0 Å². The quantitative estimate of drug-likeness (QED) is 0.291. The molecule has 0 spiro atoms. The van der Waals surface area contributed by atoms with Gasteiger partial charge in [-0.05, 0) is 54.1 Å². The van der Waals surface area contributed by atoms with Crippen molar-refractivity contribution in [3.63, 3.8) is 0 Å². The summed E-state index contributed by atoms with van der Waals surface area (Å²) in [7, 11) is 0. The van der Waals surface area contributed by atoms with Gasteiger partial charge < -0.3 is 9.64 Å². The molecule has 3 aromatic rings. The number of carbonyl (C=O) groups is 2. The van der Waals surface area contributed by atoms with Crippen molar-refractivity contribution in [2.24, 2.45) is 11.0 Å². The number of hydrogen-bond donors (Lipinski definition) is 1. The minimum absolute atomic E-state index is 0.0880. The molecule has 0 aromatic heterocycles. The Morgan fingerprint density at radius 3 is 2.56 bits per heavy atom. The third-order valence-corrected chi connectivity index (χ3v) is 6.56. The van der Waals surface area contributed by atoms with Gasteiger partial charge >= 0.3 is 0 Å². The van der Waals surface area contributed by atoms with Crippen molar-refractivity contribution in [2.45, 2.75) is 13.0 Å². The number of nitrogens with one attached hydrogen (secondary N) is 1. The average molecular weight is 561 g/mol. The van der Waals surface area contributed by atoms with Gasteiger partial charge in [0.05, 0.1) is 12.1 Å². The predicted molar refractivity (Wildman–Crippen MR) is 138 cm³/mol. The minimum Gasteiger partial charge on any atom is -0.489 e. The van der Waals surface area contributed by atoms with Crippen molar-refractivity contribution >= 4 is 62.8 Å². The monoisotopic (exact) mass is 559 g/mol. The number of hydrazone groups is 1. The summed E-state index contributed by atoms with van der Waals surface area (Å²) in [5.74, 6) is -0.249. The van der Waals surface area contributed by atoms with E-state index in [-0.39, 0.29) is 24.8 Å². The first-order valence-electron chi connectivity index (χ1n) is 10.5. The van der Waals surface area contributed by atoms with Crippen molar-refractivity contribution < 1.29 is 14.3 Å². The summed E-state index contributed by atoms with van der Waals surface area (Å²) in [5.41, 5.74) is 4.75. The van der Waals surface area contributed by atoms with E-state index < -0.39 is 5.92 Å². The maximum atomic E-state index is 12.5. The van der Waals surface area contributed by atoms with Crippen LogP contribution in [-0.2, 0) is 16.2 Å². The van der Waals surface area contributed by atoms with Crippen LogP contribution >= 0.6 is 39.1 Å². The van der Waals surface area contributed by atoms with Gasteiger partial charge in [0.15, 0.2) is 0 Å². The van der Waals surface area contributed by atoms with Crippen LogP contribution in [0, 0.1) is 5.92 Å². The molecule has 1 saturated heterocycles. The largest absolute Gasteiger partial charge is 0.489 e. The molecule has 1 heterocycles. The number of carbonyl (C=O) groups excluding carboxylic acids is 2. The summed E-state index contributed by atoms with van der Waals surface area (Å²) in [6.45, 7) is 0.538. The van der Waals surface area contributed by atoms with E-state index in [1.807, 2.05) is 42.5 Å². The van der Waals surface area contributed by atoms with Gasteiger partial charge in [0.1, 0.15) is 12.4 Å².